The van der Waals surface area contributed by atoms with Gasteiger partial charge in [-0.05, 0) is 54.4 Å². The third kappa shape index (κ3) is 6.08. The van der Waals surface area contributed by atoms with Gasteiger partial charge >= 0.3 is 0 Å². The van der Waals surface area contributed by atoms with Crippen LogP contribution in [0.2, 0.25) is 10.0 Å². The number of anilines is 1. The van der Waals surface area contributed by atoms with E-state index in [1.807, 2.05) is 6.07 Å². The van der Waals surface area contributed by atoms with Gasteiger partial charge in [-0.1, -0.05) is 53.5 Å². The number of rotatable bonds is 8. The van der Waals surface area contributed by atoms with E-state index < -0.39 is 27.9 Å². The minimum atomic E-state index is -4.18. The standard InChI is InChI=1S/C22H19Cl2N3O4S/c23-16-8-11-18(24)20(13-16)32(30,31)27-19(12-14-4-2-1-3-5-14)22(29)26-17-9-6-15(7-10-17)21(25)28/h1-11,13,19,27H,12H2,(H2,25,28)(H,26,29)/t19-/m1/s1. The number of benzene rings is 3. The van der Waals surface area contributed by atoms with E-state index in [0.29, 0.717) is 5.69 Å². The van der Waals surface area contributed by atoms with Gasteiger partial charge in [0.2, 0.25) is 21.8 Å². The zero-order valence-corrected chi connectivity index (χ0v) is 18.9. The normalized spacial score (nSPS) is 12.2. The number of nitrogens with one attached hydrogen (secondary N) is 2. The molecule has 0 aliphatic carbocycles. The molecule has 4 N–H and O–H groups in total. The lowest BCUT2D eigenvalue weighted by atomic mass is 10.1. The molecule has 1 atom stereocenters. The van der Waals surface area contributed by atoms with E-state index in [9.17, 15) is 18.0 Å². The summed E-state index contributed by atoms with van der Waals surface area (Å²) >= 11 is 12.0. The van der Waals surface area contributed by atoms with Crippen molar-refractivity contribution in [3.8, 4) is 0 Å². The van der Waals surface area contributed by atoms with E-state index in [1.165, 1.54) is 42.5 Å². The maximum atomic E-state index is 13.0. The molecular formula is C22H19Cl2N3O4S. The number of halogens is 2. The summed E-state index contributed by atoms with van der Waals surface area (Å²) in [6.07, 6.45) is 0.0868. The third-order valence-electron chi connectivity index (χ3n) is 4.52. The summed E-state index contributed by atoms with van der Waals surface area (Å²) in [4.78, 5) is 24.0. The average Bonchev–Trinajstić information content (AvgIpc) is 2.76. The summed E-state index contributed by atoms with van der Waals surface area (Å²) in [5, 5.41) is 2.81. The fourth-order valence-electron chi connectivity index (χ4n) is 2.92. The number of hydrogen-bond donors (Lipinski definition) is 3. The van der Waals surface area contributed by atoms with Gasteiger partial charge in [0.25, 0.3) is 0 Å². The van der Waals surface area contributed by atoms with Crippen LogP contribution < -0.4 is 15.8 Å². The lowest BCUT2D eigenvalue weighted by molar-refractivity contribution is -0.117. The molecule has 0 aliphatic rings. The van der Waals surface area contributed by atoms with Crippen molar-refractivity contribution in [3.05, 3.63) is 94.0 Å². The van der Waals surface area contributed by atoms with E-state index in [-0.39, 0.29) is 26.9 Å². The summed E-state index contributed by atoms with van der Waals surface area (Å²) in [5.41, 5.74) is 6.62. The monoisotopic (exact) mass is 491 g/mol. The molecule has 10 heteroatoms. The van der Waals surface area contributed by atoms with Gasteiger partial charge in [0, 0.05) is 16.3 Å². The zero-order valence-electron chi connectivity index (χ0n) is 16.6. The Labute approximate surface area is 195 Å². The zero-order chi connectivity index (χ0) is 23.3. The number of hydrogen-bond acceptors (Lipinski definition) is 4. The van der Waals surface area contributed by atoms with Crippen molar-refractivity contribution in [1.29, 1.82) is 0 Å². The maximum Gasteiger partial charge on any atom is 0.248 e. The van der Waals surface area contributed by atoms with Crippen LogP contribution in [0.25, 0.3) is 0 Å². The number of sulfonamides is 1. The van der Waals surface area contributed by atoms with E-state index in [1.54, 1.807) is 24.3 Å². The predicted octanol–water partition coefficient (Wildman–Crippen LogP) is 3.62. The van der Waals surface area contributed by atoms with Gasteiger partial charge in [-0.2, -0.15) is 4.72 Å². The molecule has 0 bridgehead atoms. The molecule has 0 unspecified atom stereocenters. The summed E-state index contributed by atoms with van der Waals surface area (Å²) in [6, 6.07) is 17.8. The van der Waals surface area contributed by atoms with Crippen LogP contribution in [-0.4, -0.2) is 26.3 Å². The van der Waals surface area contributed by atoms with Gasteiger partial charge in [0.05, 0.1) is 5.02 Å². The molecule has 0 spiro atoms. The third-order valence-corrected chi connectivity index (χ3v) is 6.70. The Morgan fingerprint density at radius 3 is 2.22 bits per heavy atom. The van der Waals surface area contributed by atoms with Gasteiger partial charge in [0.1, 0.15) is 10.9 Å². The largest absolute Gasteiger partial charge is 0.366 e. The van der Waals surface area contributed by atoms with E-state index >= 15 is 0 Å². The molecule has 0 saturated carbocycles. The highest BCUT2D eigenvalue weighted by Gasteiger charge is 2.28. The SMILES string of the molecule is NC(=O)c1ccc(NC(=O)[C@@H](Cc2ccccc2)NS(=O)(=O)c2cc(Cl)ccc2Cl)cc1. The fourth-order valence-corrected chi connectivity index (χ4v) is 4.88. The minimum Gasteiger partial charge on any atom is -0.366 e. The Hall–Kier alpha value is -2.91. The highest BCUT2D eigenvalue weighted by atomic mass is 35.5. The first-order valence-corrected chi connectivity index (χ1v) is 11.6. The number of carbonyl (C=O) groups is 2. The molecule has 3 aromatic carbocycles. The second-order valence-electron chi connectivity index (χ2n) is 6.87. The molecule has 0 saturated heterocycles. The van der Waals surface area contributed by atoms with E-state index in [0.717, 1.165) is 5.56 Å². The molecule has 166 valence electrons. The first-order valence-electron chi connectivity index (χ1n) is 9.38. The molecule has 0 radical (unpaired) electrons. The first-order chi connectivity index (χ1) is 15.2. The summed E-state index contributed by atoms with van der Waals surface area (Å²) in [6.45, 7) is 0. The van der Waals surface area contributed by atoms with Gasteiger partial charge in [-0.3, -0.25) is 9.59 Å². The molecule has 0 fully saturated rings. The van der Waals surface area contributed by atoms with Gasteiger partial charge < -0.3 is 11.1 Å². The first kappa shape index (κ1) is 23.7. The lowest BCUT2D eigenvalue weighted by Crippen LogP contribution is -2.45. The van der Waals surface area contributed by atoms with Crippen molar-refractivity contribution < 1.29 is 18.0 Å². The predicted molar refractivity (Wildman–Crippen MR) is 124 cm³/mol. The van der Waals surface area contributed by atoms with Crippen molar-refractivity contribution in [1.82, 2.24) is 4.72 Å². The molecule has 2 amide bonds. The van der Waals surface area contributed by atoms with Crippen molar-refractivity contribution in [3.63, 3.8) is 0 Å². The van der Waals surface area contributed by atoms with Crippen molar-refractivity contribution >= 4 is 50.7 Å². The van der Waals surface area contributed by atoms with Crippen LogP contribution in [0, 0.1) is 0 Å². The Balaban J connectivity index is 1.88. The molecule has 0 aromatic heterocycles. The smallest absolute Gasteiger partial charge is 0.248 e. The molecule has 32 heavy (non-hydrogen) atoms. The Morgan fingerprint density at radius 1 is 0.938 bits per heavy atom. The van der Waals surface area contributed by atoms with Crippen LogP contribution in [0.1, 0.15) is 15.9 Å². The highest BCUT2D eigenvalue weighted by Crippen LogP contribution is 2.25. The summed E-state index contributed by atoms with van der Waals surface area (Å²) < 4.78 is 28.4. The number of amides is 2. The van der Waals surface area contributed by atoms with Crippen LogP contribution >= 0.6 is 23.2 Å². The lowest BCUT2D eigenvalue weighted by Gasteiger charge is -2.19. The number of nitrogens with two attached hydrogens (primary N) is 1. The Morgan fingerprint density at radius 2 is 1.59 bits per heavy atom. The molecule has 7 nitrogen and oxygen atoms in total. The fraction of sp³-hybridized carbons (Fsp3) is 0.0909. The minimum absolute atomic E-state index is 0.0252. The molecule has 0 aliphatic heterocycles. The number of primary amides is 1. The topological polar surface area (TPSA) is 118 Å². The highest BCUT2D eigenvalue weighted by molar-refractivity contribution is 7.89. The molecule has 0 heterocycles. The Kier molecular flexibility index (Phi) is 7.52. The molecular weight excluding hydrogens is 473 g/mol. The van der Waals surface area contributed by atoms with Crippen molar-refractivity contribution in [2.75, 3.05) is 5.32 Å². The quantitative estimate of drug-likeness (QED) is 0.445. The summed E-state index contributed by atoms with van der Waals surface area (Å²) in [5.74, 6) is -1.20. The second-order valence-corrected chi connectivity index (χ2v) is 9.40. The average molecular weight is 492 g/mol. The van der Waals surface area contributed by atoms with Crippen molar-refractivity contribution in [2.45, 2.75) is 17.4 Å². The second kappa shape index (κ2) is 10.1. The van der Waals surface area contributed by atoms with E-state index in [2.05, 4.69) is 10.0 Å². The van der Waals surface area contributed by atoms with E-state index in [4.69, 9.17) is 28.9 Å². The van der Waals surface area contributed by atoms with Crippen LogP contribution in [-0.2, 0) is 21.2 Å². The number of carbonyl (C=O) groups excluding carboxylic acids is 2. The van der Waals surface area contributed by atoms with Crippen LogP contribution in [0.5, 0.6) is 0 Å². The molecule has 3 aromatic rings. The maximum absolute atomic E-state index is 13.0. The molecule has 3 rings (SSSR count). The van der Waals surface area contributed by atoms with Gasteiger partial charge in [-0.25, -0.2) is 8.42 Å². The Bertz CT molecular complexity index is 1230. The summed E-state index contributed by atoms with van der Waals surface area (Å²) in [7, 11) is -4.18. The van der Waals surface area contributed by atoms with Crippen molar-refractivity contribution in [2.24, 2.45) is 5.73 Å². The van der Waals surface area contributed by atoms with Crippen LogP contribution in [0.4, 0.5) is 5.69 Å². The van der Waals surface area contributed by atoms with Crippen LogP contribution in [0.3, 0.4) is 0 Å². The van der Waals surface area contributed by atoms with Gasteiger partial charge in [-0.15, -0.1) is 0 Å². The van der Waals surface area contributed by atoms with Gasteiger partial charge in [0.15, 0.2) is 0 Å². The van der Waals surface area contributed by atoms with Crippen LogP contribution in [0.15, 0.2) is 77.7 Å².